The molecule has 560 valence electrons. The third-order valence-corrected chi connectivity index (χ3v) is 19.3. The highest BCUT2D eigenvalue weighted by Crippen LogP contribution is 2.45. The van der Waals surface area contributed by atoms with Crippen LogP contribution in [0, 0.1) is 17.8 Å². The molecule has 6 atom stereocenters. The van der Waals surface area contributed by atoms with Crippen LogP contribution in [0.25, 0.3) is 0 Å². The molecule has 0 aliphatic carbocycles. The first kappa shape index (κ1) is 92.5. The van der Waals surface area contributed by atoms with Crippen molar-refractivity contribution in [1.29, 1.82) is 0 Å². The Morgan fingerprint density at radius 2 is 0.621 bits per heavy atom. The van der Waals surface area contributed by atoms with Gasteiger partial charge in [-0.15, -0.1) is 0 Å². The summed E-state index contributed by atoms with van der Waals surface area (Å²) in [6.07, 6.45) is 55.0. The number of phosphoric acid groups is 2. The number of hydrogen-bond acceptors (Lipinski definition) is 15. The van der Waals surface area contributed by atoms with Crippen molar-refractivity contribution in [3.63, 3.8) is 0 Å². The van der Waals surface area contributed by atoms with Gasteiger partial charge >= 0.3 is 39.5 Å². The highest BCUT2D eigenvalue weighted by atomic mass is 31.2. The maximum Gasteiger partial charge on any atom is 0.472 e. The van der Waals surface area contributed by atoms with E-state index in [1.54, 1.807) is 0 Å². The van der Waals surface area contributed by atoms with E-state index in [-0.39, 0.29) is 25.7 Å². The average molecular weight is 1390 g/mol. The number of carbonyl (C=O) groups excluding carboxylic acids is 4. The quantitative estimate of drug-likeness (QED) is 0.0169. The number of esters is 4. The number of rotatable bonds is 72. The van der Waals surface area contributed by atoms with Gasteiger partial charge in [0.25, 0.3) is 0 Å². The number of hydrogen-bond donors (Lipinski definition) is 3. The summed E-state index contributed by atoms with van der Waals surface area (Å²) in [4.78, 5) is 72.8. The van der Waals surface area contributed by atoms with Crippen molar-refractivity contribution in [2.24, 2.45) is 17.8 Å². The molecule has 0 fully saturated rings. The highest BCUT2D eigenvalue weighted by molar-refractivity contribution is 7.47. The molecule has 0 aromatic rings. The van der Waals surface area contributed by atoms with Gasteiger partial charge in [-0.05, 0) is 69.1 Å². The largest absolute Gasteiger partial charge is 0.472 e. The van der Waals surface area contributed by atoms with E-state index >= 15 is 0 Å². The van der Waals surface area contributed by atoms with Crippen LogP contribution in [0.15, 0.2) is 24.3 Å². The van der Waals surface area contributed by atoms with Crippen LogP contribution in [0.3, 0.4) is 0 Å². The Bertz CT molecular complexity index is 1950. The summed E-state index contributed by atoms with van der Waals surface area (Å²) in [7, 11) is -9.92. The zero-order valence-electron chi connectivity index (χ0n) is 61.6. The lowest BCUT2D eigenvalue weighted by atomic mass is 9.99. The molecule has 0 aromatic carbocycles. The highest BCUT2D eigenvalue weighted by Gasteiger charge is 2.30. The molecule has 95 heavy (non-hydrogen) atoms. The van der Waals surface area contributed by atoms with Crippen LogP contribution in [-0.2, 0) is 65.4 Å². The summed E-state index contributed by atoms with van der Waals surface area (Å²) >= 11 is 0. The minimum absolute atomic E-state index is 0.0981. The van der Waals surface area contributed by atoms with Crippen molar-refractivity contribution in [3.05, 3.63) is 24.3 Å². The monoisotopic (exact) mass is 1390 g/mol. The minimum atomic E-state index is -4.96. The Morgan fingerprint density at radius 3 is 0.937 bits per heavy atom. The van der Waals surface area contributed by atoms with E-state index in [1.165, 1.54) is 148 Å². The smallest absolute Gasteiger partial charge is 0.462 e. The fourth-order valence-corrected chi connectivity index (χ4v) is 12.6. The molecule has 0 aromatic heterocycles. The van der Waals surface area contributed by atoms with E-state index < -0.39 is 97.5 Å². The minimum Gasteiger partial charge on any atom is -0.462 e. The molecule has 0 saturated heterocycles. The zero-order chi connectivity index (χ0) is 70.1. The van der Waals surface area contributed by atoms with Crippen LogP contribution >= 0.6 is 15.6 Å². The molecular weight excluding hydrogens is 1250 g/mol. The average Bonchev–Trinajstić information content (AvgIpc) is 1.44. The molecule has 0 aliphatic heterocycles. The van der Waals surface area contributed by atoms with Crippen LogP contribution in [0.5, 0.6) is 0 Å². The third kappa shape index (κ3) is 68.5. The number of phosphoric ester groups is 2. The van der Waals surface area contributed by atoms with Crippen LogP contribution in [0.4, 0.5) is 0 Å². The molecule has 0 amide bonds. The summed E-state index contributed by atoms with van der Waals surface area (Å²) in [5.74, 6) is 0.131. The maximum atomic E-state index is 13.1. The van der Waals surface area contributed by atoms with Crippen molar-refractivity contribution >= 4 is 39.5 Å². The Hall–Kier alpha value is -2.46. The second-order valence-corrected chi connectivity index (χ2v) is 30.8. The van der Waals surface area contributed by atoms with Crippen molar-refractivity contribution in [2.45, 2.75) is 381 Å². The molecule has 4 unspecified atom stereocenters. The van der Waals surface area contributed by atoms with Crippen molar-refractivity contribution in [2.75, 3.05) is 39.6 Å². The standard InChI is InChI=1S/C76H144O17P2/c1-8-10-11-12-13-14-15-16-17-21-24-29-36-43-50-57-73(78)86-63-71(93-76(81)60-53-46-38-31-26-27-33-40-47-54-67(3)4)65-90-94(82,83)88-61-70(77)62-89-95(84,85)91-66-72(64-87-74(79)58-51-44-39-32-34-41-48-55-68(5)6)92-75(80)59-52-45-37-30-25-22-19-18-20-23-28-35-42-49-56-69(7)9-2/h14-17,67-72,77H,8-13,18-66H2,1-7H3,(H,82,83)(H,84,85)/b15-14-,17-16-/t69?,70?,71-,72-/m1/s1. The zero-order valence-corrected chi connectivity index (χ0v) is 63.4. The van der Waals surface area contributed by atoms with Crippen LogP contribution in [0.2, 0.25) is 0 Å². The van der Waals surface area contributed by atoms with Gasteiger partial charge in [0.2, 0.25) is 0 Å². The maximum absolute atomic E-state index is 13.1. The molecule has 19 heteroatoms. The number of aliphatic hydroxyl groups is 1. The first-order valence-corrected chi connectivity index (χ1v) is 41.7. The number of unbranched alkanes of at least 4 members (excludes halogenated alkanes) is 36. The van der Waals surface area contributed by atoms with Gasteiger partial charge in [0.1, 0.15) is 19.3 Å². The van der Waals surface area contributed by atoms with Gasteiger partial charge in [0, 0.05) is 25.7 Å². The molecule has 3 N–H and O–H groups in total. The van der Waals surface area contributed by atoms with E-state index in [9.17, 15) is 43.2 Å². The first-order chi connectivity index (χ1) is 45.8. The normalized spacial score (nSPS) is 14.5. The molecule has 0 aliphatic rings. The van der Waals surface area contributed by atoms with E-state index in [0.717, 1.165) is 127 Å². The lowest BCUT2D eigenvalue weighted by Crippen LogP contribution is -2.30. The lowest BCUT2D eigenvalue weighted by Gasteiger charge is -2.21. The van der Waals surface area contributed by atoms with Crippen LogP contribution < -0.4 is 0 Å². The summed E-state index contributed by atoms with van der Waals surface area (Å²) < 4.78 is 68.5. The lowest BCUT2D eigenvalue weighted by molar-refractivity contribution is -0.161. The van der Waals surface area contributed by atoms with E-state index in [0.29, 0.717) is 31.6 Å². The summed E-state index contributed by atoms with van der Waals surface area (Å²) in [5, 5.41) is 10.6. The molecule has 0 heterocycles. The summed E-state index contributed by atoms with van der Waals surface area (Å²) in [6.45, 7) is 11.8. The second-order valence-electron chi connectivity index (χ2n) is 27.9. The summed E-state index contributed by atoms with van der Waals surface area (Å²) in [6, 6.07) is 0. The molecular formula is C76H144O17P2. The van der Waals surface area contributed by atoms with Crippen LogP contribution in [0.1, 0.15) is 363 Å². The number of carbonyl (C=O) groups is 4. The molecule has 0 rings (SSSR count). The Balaban J connectivity index is 5.26. The fraction of sp³-hybridized carbons (Fsp3) is 0.895. The SMILES string of the molecule is CCCCCC/C=C\C=C/CCCCCCCC(=O)OC[C@H](COP(=O)(O)OCC(O)COP(=O)(O)OC[C@@H](COC(=O)CCCCCCCCCC(C)C)OC(=O)CCCCCCCCCCCCCCCCC(C)CC)OC(=O)CCCCCCCCCCCC(C)C. The van der Waals surface area contributed by atoms with Gasteiger partial charge in [0.05, 0.1) is 26.4 Å². The van der Waals surface area contributed by atoms with E-state index in [4.69, 9.17) is 37.0 Å². The van der Waals surface area contributed by atoms with Gasteiger partial charge < -0.3 is 33.8 Å². The van der Waals surface area contributed by atoms with Gasteiger partial charge in [-0.1, -0.05) is 310 Å². The number of ether oxygens (including phenoxy) is 4. The molecule has 0 bridgehead atoms. The third-order valence-electron chi connectivity index (χ3n) is 17.4. The predicted octanol–water partition coefficient (Wildman–Crippen LogP) is 21.7. The van der Waals surface area contributed by atoms with Gasteiger partial charge in [-0.25, -0.2) is 9.13 Å². The Morgan fingerprint density at radius 1 is 0.347 bits per heavy atom. The first-order valence-electron chi connectivity index (χ1n) is 38.7. The molecule has 0 spiro atoms. The van der Waals surface area contributed by atoms with Crippen molar-refractivity contribution < 1.29 is 80.2 Å². The van der Waals surface area contributed by atoms with Crippen molar-refractivity contribution in [3.8, 4) is 0 Å². The van der Waals surface area contributed by atoms with E-state index in [2.05, 4.69) is 72.8 Å². The van der Waals surface area contributed by atoms with Crippen molar-refractivity contribution in [1.82, 2.24) is 0 Å². The fourth-order valence-electron chi connectivity index (χ4n) is 11.0. The Labute approximate surface area is 580 Å². The van der Waals surface area contributed by atoms with Crippen LogP contribution in [-0.4, -0.2) is 96.7 Å². The molecule has 0 radical (unpaired) electrons. The van der Waals surface area contributed by atoms with Gasteiger partial charge in [0.15, 0.2) is 12.2 Å². The summed E-state index contributed by atoms with van der Waals surface area (Å²) in [5.41, 5.74) is 0. The Kier molecular flexibility index (Phi) is 64.4. The number of allylic oxidation sites excluding steroid dienone is 4. The van der Waals surface area contributed by atoms with Gasteiger partial charge in [-0.3, -0.25) is 37.3 Å². The van der Waals surface area contributed by atoms with Gasteiger partial charge in [-0.2, -0.15) is 0 Å². The molecule has 17 nitrogen and oxygen atoms in total. The second kappa shape index (κ2) is 66.1. The van der Waals surface area contributed by atoms with E-state index in [1.807, 2.05) is 0 Å². The predicted molar refractivity (Wildman–Crippen MR) is 386 cm³/mol. The topological polar surface area (TPSA) is 237 Å². The number of aliphatic hydroxyl groups excluding tert-OH is 1. The molecule has 0 saturated carbocycles.